The van der Waals surface area contributed by atoms with Gasteiger partial charge in [0.2, 0.25) is 5.91 Å². The van der Waals surface area contributed by atoms with Crippen LogP contribution >= 0.6 is 24.0 Å². The maximum atomic E-state index is 11.1. The highest BCUT2D eigenvalue weighted by molar-refractivity contribution is 14.0. The second-order valence-electron chi connectivity index (χ2n) is 5.98. The summed E-state index contributed by atoms with van der Waals surface area (Å²) in [4.78, 5) is 18.1. The van der Waals surface area contributed by atoms with Crippen molar-refractivity contribution in [3.05, 3.63) is 18.5 Å². The molecule has 1 aromatic heterocycles. The molecule has 136 valence electrons. The van der Waals surface area contributed by atoms with Gasteiger partial charge in [0.25, 0.3) is 0 Å². The Bertz CT molecular complexity index is 505. The highest BCUT2D eigenvalue weighted by Crippen LogP contribution is 2.19. The van der Waals surface area contributed by atoms with E-state index in [1.54, 1.807) is 6.20 Å². The predicted octanol–water partition coefficient (Wildman–Crippen LogP) is 1.44. The molecule has 3 N–H and O–H groups in total. The number of hydrogen-bond donors (Lipinski definition) is 2. The van der Waals surface area contributed by atoms with Crippen LogP contribution in [0.4, 0.5) is 0 Å². The van der Waals surface area contributed by atoms with E-state index < -0.39 is 0 Å². The highest BCUT2D eigenvalue weighted by atomic mass is 127. The first kappa shape index (κ1) is 20.7. The summed E-state index contributed by atoms with van der Waals surface area (Å²) < 4.78 is 1.92. The molecule has 1 aromatic rings. The van der Waals surface area contributed by atoms with Crippen molar-refractivity contribution in [2.45, 2.75) is 39.2 Å². The van der Waals surface area contributed by atoms with Gasteiger partial charge >= 0.3 is 0 Å². The first-order chi connectivity index (χ1) is 11.2. The third-order valence-electron chi connectivity index (χ3n) is 4.01. The predicted molar refractivity (Wildman–Crippen MR) is 106 cm³/mol. The van der Waals surface area contributed by atoms with Crippen LogP contribution in [0.15, 0.2) is 23.5 Å². The number of piperidine rings is 1. The number of halogens is 1. The zero-order chi connectivity index (χ0) is 16.5. The molecule has 7 nitrogen and oxygen atoms in total. The minimum absolute atomic E-state index is 0. The van der Waals surface area contributed by atoms with Gasteiger partial charge in [-0.05, 0) is 38.2 Å². The zero-order valence-electron chi connectivity index (χ0n) is 14.4. The van der Waals surface area contributed by atoms with Crippen LogP contribution in [0.1, 0.15) is 32.6 Å². The summed E-state index contributed by atoms with van der Waals surface area (Å²) in [5.74, 6) is 1.08. The molecule has 1 atom stereocenters. The van der Waals surface area contributed by atoms with Gasteiger partial charge < -0.3 is 16.0 Å². The Labute approximate surface area is 161 Å². The first-order valence-electron chi connectivity index (χ1n) is 8.48. The normalized spacial score (nSPS) is 18.1. The van der Waals surface area contributed by atoms with E-state index >= 15 is 0 Å². The first-order valence-corrected chi connectivity index (χ1v) is 8.48. The van der Waals surface area contributed by atoms with E-state index in [9.17, 15) is 4.79 Å². The molecule has 8 heteroatoms. The number of aliphatic imine (C=N–C) groups is 1. The molecule has 24 heavy (non-hydrogen) atoms. The molecular formula is C16H29IN6O. The molecule has 0 aromatic carbocycles. The molecule has 0 aliphatic carbocycles. The van der Waals surface area contributed by atoms with Crippen LogP contribution in [0.3, 0.4) is 0 Å². The van der Waals surface area contributed by atoms with Crippen LogP contribution in [0.2, 0.25) is 0 Å². The molecule has 1 aliphatic heterocycles. The van der Waals surface area contributed by atoms with E-state index in [0.29, 0.717) is 12.3 Å². The highest BCUT2D eigenvalue weighted by Gasteiger charge is 2.23. The Kier molecular flexibility index (Phi) is 9.73. The Balaban J connectivity index is 0.00000288. The number of guanidine groups is 1. The molecule has 2 rings (SSSR count). The summed E-state index contributed by atoms with van der Waals surface area (Å²) in [7, 11) is 0. The van der Waals surface area contributed by atoms with E-state index in [0.717, 1.165) is 57.9 Å². The van der Waals surface area contributed by atoms with Gasteiger partial charge in [0.1, 0.15) is 0 Å². The topological polar surface area (TPSA) is 88.5 Å². The van der Waals surface area contributed by atoms with E-state index in [-0.39, 0.29) is 29.9 Å². The lowest BCUT2D eigenvalue weighted by Crippen LogP contribution is -2.47. The third-order valence-corrected chi connectivity index (χ3v) is 4.01. The van der Waals surface area contributed by atoms with E-state index in [4.69, 9.17) is 10.7 Å². The Morgan fingerprint density at radius 2 is 2.33 bits per heavy atom. The monoisotopic (exact) mass is 448 g/mol. The van der Waals surface area contributed by atoms with Gasteiger partial charge in [-0.2, -0.15) is 5.10 Å². The summed E-state index contributed by atoms with van der Waals surface area (Å²) in [5.41, 5.74) is 5.34. The lowest BCUT2D eigenvalue weighted by molar-refractivity contribution is -0.119. The summed E-state index contributed by atoms with van der Waals surface area (Å²) >= 11 is 0. The molecule has 0 spiro atoms. The molecule has 1 aliphatic rings. The summed E-state index contributed by atoms with van der Waals surface area (Å²) in [6.07, 6.45) is 7.33. The Morgan fingerprint density at radius 3 is 3.00 bits per heavy atom. The molecule has 1 saturated heterocycles. The van der Waals surface area contributed by atoms with Crippen molar-refractivity contribution in [2.24, 2.45) is 16.6 Å². The molecule has 0 radical (unpaired) electrons. The van der Waals surface area contributed by atoms with Gasteiger partial charge in [0, 0.05) is 51.5 Å². The second-order valence-corrected chi connectivity index (χ2v) is 5.98. The number of likely N-dealkylation sites (tertiary alicyclic amines) is 1. The number of carbonyl (C=O) groups excluding carboxylic acids is 1. The van der Waals surface area contributed by atoms with Crippen LogP contribution in [-0.2, 0) is 11.3 Å². The SMILES string of the molecule is CCNC(=NCCCn1cccn1)N1CCCC(CC(N)=O)C1.I. The lowest BCUT2D eigenvalue weighted by atomic mass is 9.95. The summed E-state index contributed by atoms with van der Waals surface area (Å²) in [6, 6.07) is 1.93. The van der Waals surface area contributed by atoms with Crippen molar-refractivity contribution >= 4 is 35.8 Å². The number of carbonyl (C=O) groups is 1. The van der Waals surface area contributed by atoms with E-state index in [1.165, 1.54) is 0 Å². The van der Waals surface area contributed by atoms with Crippen LogP contribution in [0.25, 0.3) is 0 Å². The average Bonchev–Trinajstić information content (AvgIpc) is 3.03. The van der Waals surface area contributed by atoms with Crippen molar-refractivity contribution in [1.29, 1.82) is 0 Å². The number of nitrogens with zero attached hydrogens (tertiary/aromatic N) is 4. The third kappa shape index (κ3) is 7.06. The smallest absolute Gasteiger partial charge is 0.217 e. The van der Waals surface area contributed by atoms with Crippen LogP contribution in [-0.4, -0.2) is 52.7 Å². The van der Waals surface area contributed by atoms with Crippen molar-refractivity contribution < 1.29 is 4.79 Å². The molecule has 1 unspecified atom stereocenters. The quantitative estimate of drug-likeness (QED) is 0.286. The molecule has 0 saturated carbocycles. The molecule has 1 amide bonds. The van der Waals surface area contributed by atoms with Crippen molar-refractivity contribution in [3.63, 3.8) is 0 Å². The zero-order valence-corrected chi connectivity index (χ0v) is 16.7. The number of rotatable bonds is 7. The number of nitrogens with two attached hydrogens (primary N) is 1. The van der Waals surface area contributed by atoms with Crippen molar-refractivity contribution in [2.75, 3.05) is 26.2 Å². The summed E-state index contributed by atoms with van der Waals surface area (Å²) in [5, 5.41) is 7.55. The van der Waals surface area contributed by atoms with Gasteiger partial charge in [0.05, 0.1) is 0 Å². The number of aromatic nitrogens is 2. The maximum Gasteiger partial charge on any atom is 0.217 e. The second kappa shape index (κ2) is 11.3. The fourth-order valence-electron chi connectivity index (χ4n) is 2.98. The van der Waals surface area contributed by atoms with Crippen LogP contribution in [0, 0.1) is 5.92 Å². The van der Waals surface area contributed by atoms with Gasteiger partial charge in [-0.3, -0.25) is 14.5 Å². The summed E-state index contributed by atoms with van der Waals surface area (Å²) in [6.45, 7) is 6.40. The van der Waals surface area contributed by atoms with Crippen LogP contribution < -0.4 is 11.1 Å². The molecule has 0 bridgehead atoms. The van der Waals surface area contributed by atoms with Crippen molar-refractivity contribution in [3.8, 4) is 0 Å². The van der Waals surface area contributed by atoms with E-state index in [2.05, 4.69) is 22.2 Å². The lowest BCUT2D eigenvalue weighted by Gasteiger charge is -2.34. The van der Waals surface area contributed by atoms with Gasteiger partial charge in [-0.1, -0.05) is 0 Å². The Morgan fingerprint density at radius 1 is 1.50 bits per heavy atom. The maximum absolute atomic E-state index is 11.1. The molecular weight excluding hydrogens is 419 g/mol. The number of hydrogen-bond acceptors (Lipinski definition) is 3. The fraction of sp³-hybridized carbons (Fsp3) is 0.688. The van der Waals surface area contributed by atoms with E-state index in [1.807, 2.05) is 16.9 Å². The molecule has 2 heterocycles. The van der Waals surface area contributed by atoms with Gasteiger partial charge in [-0.15, -0.1) is 24.0 Å². The fourth-order valence-corrected chi connectivity index (χ4v) is 2.98. The Hall–Kier alpha value is -1.32. The number of primary amides is 1. The van der Waals surface area contributed by atoms with Gasteiger partial charge in [-0.25, -0.2) is 0 Å². The number of aryl methyl sites for hydroxylation is 1. The van der Waals surface area contributed by atoms with Crippen LogP contribution in [0.5, 0.6) is 0 Å². The molecule has 1 fully saturated rings. The minimum atomic E-state index is -0.210. The largest absolute Gasteiger partial charge is 0.370 e. The van der Waals surface area contributed by atoms with Crippen molar-refractivity contribution in [1.82, 2.24) is 20.0 Å². The number of amides is 1. The van der Waals surface area contributed by atoms with Gasteiger partial charge in [0.15, 0.2) is 5.96 Å². The average molecular weight is 448 g/mol. The number of nitrogens with one attached hydrogen (secondary N) is 1. The standard InChI is InChI=1S/C16H28N6O.HI/c1-2-18-16(19-7-4-10-22-11-5-8-20-22)21-9-3-6-14(13-21)12-15(17)23;/h5,8,11,14H,2-4,6-7,9-10,12-13H2,1H3,(H2,17,23)(H,18,19);1H. The minimum Gasteiger partial charge on any atom is -0.370 e.